The predicted octanol–water partition coefficient (Wildman–Crippen LogP) is 1.48. The number of nitrogens with zero attached hydrogens (tertiary/aromatic N) is 6. The van der Waals surface area contributed by atoms with Gasteiger partial charge < -0.3 is 20.0 Å². The average Bonchev–Trinajstić information content (AvgIpc) is 2.72. The number of piperazine rings is 1. The van der Waals surface area contributed by atoms with Gasteiger partial charge in [-0.15, -0.1) is 0 Å². The lowest BCUT2D eigenvalue weighted by molar-refractivity contribution is 0.370. The smallest absolute Gasteiger partial charge is 0.225 e. The summed E-state index contributed by atoms with van der Waals surface area (Å²) in [6, 6.07) is 10.6. The van der Waals surface area contributed by atoms with Crippen molar-refractivity contribution in [3.8, 4) is 0 Å². The first-order valence-corrected chi connectivity index (χ1v) is 9.41. The number of rotatable bonds is 5. The highest BCUT2D eigenvalue weighted by molar-refractivity contribution is 5.80. The fourth-order valence-electron chi connectivity index (χ4n) is 3.18. The molecule has 1 aliphatic heterocycles. The summed E-state index contributed by atoms with van der Waals surface area (Å²) in [4.78, 5) is 19.8. The number of aromatic nitrogens is 2. The Labute approximate surface area is 161 Å². The number of aliphatic imine (C=N–C) groups is 1. The third kappa shape index (κ3) is 5.09. The van der Waals surface area contributed by atoms with Crippen molar-refractivity contribution in [2.75, 3.05) is 63.7 Å². The van der Waals surface area contributed by atoms with Crippen LogP contribution in [0.2, 0.25) is 0 Å². The molecule has 1 aliphatic rings. The largest absolute Gasteiger partial charge is 0.378 e. The van der Waals surface area contributed by atoms with Crippen molar-refractivity contribution in [3.05, 3.63) is 48.3 Å². The van der Waals surface area contributed by atoms with Crippen LogP contribution in [0.15, 0.2) is 47.7 Å². The van der Waals surface area contributed by atoms with Crippen LogP contribution in [0.5, 0.6) is 0 Å². The third-order valence-electron chi connectivity index (χ3n) is 4.78. The van der Waals surface area contributed by atoms with E-state index in [0.717, 1.165) is 51.1 Å². The first-order valence-electron chi connectivity index (χ1n) is 9.41. The van der Waals surface area contributed by atoms with Crippen LogP contribution in [0.1, 0.15) is 5.56 Å². The maximum atomic E-state index is 4.45. The first kappa shape index (κ1) is 18.9. The molecule has 1 aromatic carbocycles. The van der Waals surface area contributed by atoms with Gasteiger partial charge in [-0.1, -0.05) is 12.1 Å². The number of benzene rings is 1. The summed E-state index contributed by atoms with van der Waals surface area (Å²) in [6.07, 6.45) is 4.56. The Morgan fingerprint density at radius 2 is 1.74 bits per heavy atom. The SMILES string of the molecule is CN=C(NCCc1ccc(N(C)C)cc1)N1CCN(c2ncccn2)CC1. The van der Waals surface area contributed by atoms with Crippen LogP contribution < -0.4 is 15.1 Å². The van der Waals surface area contributed by atoms with Crippen LogP contribution >= 0.6 is 0 Å². The highest BCUT2D eigenvalue weighted by atomic mass is 15.4. The molecule has 0 unspecified atom stereocenters. The van der Waals surface area contributed by atoms with Gasteiger partial charge in [-0.3, -0.25) is 4.99 Å². The Hall–Kier alpha value is -2.83. The molecule has 2 heterocycles. The Balaban J connectivity index is 1.46. The van der Waals surface area contributed by atoms with Crippen molar-refractivity contribution >= 4 is 17.6 Å². The number of hydrogen-bond donors (Lipinski definition) is 1. The van der Waals surface area contributed by atoms with Gasteiger partial charge in [-0.2, -0.15) is 0 Å². The standard InChI is InChI=1S/C20H29N7/c1-21-19(24-12-9-17-5-7-18(8-6-17)25(2)3)26-13-15-27(16-14-26)20-22-10-4-11-23-20/h4-8,10-11H,9,12-16H2,1-3H3,(H,21,24). The van der Waals surface area contributed by atoms with Crippen LogP contribution in [-0.2, 0) is 6.42 Å². The Kier molecular flexibility index (Phi) is 6.46. The van der Waals surface area contributed by atoms with E-state index in [1.165, 1.54) is 11.3 Å². The molecule has 0 amide bonds. The summed E-state index contributed by atoms with van der Waals surface area (Å²) in [5.74, 6) is 1.77. The first-order chi connectivity index (χ1) is 13.2. The lowest BCUT2D eigenvalue weighted by Gasteiger charge is -2.36. The summed E-state index contributed by atoms with van der Waals surface area (Å²) in [5.41, 5.74) is 2.55. The van der Waals surface area contributed by atoms with Crippen molar-refractivity contribution in [3.63, 3.8) is 0 Å². The highest BCUT2D eigenvalue weighted by Crippen LogP contribution is 2.13. The molecule has 27 heavy (non-hydrogen) atoms. The molecule has 0 atom stereocenters. The fraction of sp³-hybridized carbons (Fsp3) is 0.450. The summed E-state index contributed by atoms with van der Waals surface area (Å²) >= 11 is 0. The van der Waals surface area contributed by atoms with Crippen LogP contribution in [0.4, 0.5) is 11.6 Å². The van der Waals surface area contributed by atoms with E-state index in [1.807, 2.05) is 13.1 Å². The normalized spacial score (nSPS) is 15.0. The number of guanidine groups is 1. The maximum absolute atomic E-state index is 4.45. The molecular formula is C20H29N7. The van der Waals surface area contributed by atoms with E-state index in [2.05, 4.69) is 73.3 Å². The second kappa shape index (κ2) is 9.21. The van der Waals surface area contributed by atoms with Gasteiger partial charge in [0.25, 0.3) is 0 Å². The second-order valence-corrected chi connectivity index (χ2v) is 6.81. The minimum Gasteiger partial charge on any atom is -0.378 e. The summed E-state index contributed by atoms with van der Waals surface area (Å²) in [7, 11) is 5.97. The molecule has 1 N–H and O–H groups in total. The summed E-state index contributed by atoms with van der Waals surface area (Å²) < 4.78 is 0. The van der Waals surface area contributed by atoms with Crippen LogP contribution in [-0.4, -0.2) is 74.7 Å². The van der Waals surface area contributed by atoms with Gasteiger partial charge >= 0.3 is 0 Å². The molecular weight excluding hydrogens is 338 g/mol. The van der Waals surface area contributed by atoms with Crippen molar-refractivity contribution in [1.29, 1.82) is 0 Å². The summed E-state index contributed by atoms with van der Waals surface area (Å²) in [5, 5.41) is 3.50. The van der Waals surface area contributed by atoms with E-state index in [1.54, 1.807) is 12.4 Å². The van der Waals surface area contributed by atoms with E-state index in [-0.39, 0.29) is 0 Å². The van der Waals surface area contributed by atoms with E-state index >= 15 is 0 Å². The molecule has 1 fully saturated rings. The van der Waals surface area contributed by atoms with E-state index < -0.39 is 0 Å². The van der Waals surface area contributed by atoms with Crippen molar-refractivity contribution < 1.29 is 0 Å². The molecule has 0 saturated carbocycles. The van der Waals surface area contributed by atoms with E-state index in [0.29, 0.717) is 0 Å². The van der Waals surface area contributed by atoms with Gasteiger partial charge in [-0.05, 0) is 30.2 Å². The molecule has 7 heteroatoms. The third-order valence-corrected chi connectivity index (χ3v) is 4.78. The zero-order valence-corrected chi connectivity index (χ0v) is 16.5. The van der Waals surface area contributed by atoms with Gasteiger partial charge in [0.1, 0.15) is 0 Å². The molecule has 0 bridgehead atoms. The van der Waals surface area contributed by atoms with Crippen molar-refractivity contribution in [2.45, 2.75) is 6.42 Å². The maximum Gasteiger partial charge on any atom is 0.225 e. The molecule has 0 spiro atoms. The minimum absolute atomic E-state index is 0.807. The van der Waals surface area contributed by atoms with Gasteiger partial charge in [0, 0.05) is 71.9 Å². The highest BCUT2D eigenvalue weighted by Gasteiger charge is 2.20. The van der Waals surface area contributed by atoms with Gasteiger partial charge in [0.05, 0.1) is 0 Å². The molecule has 1 aromatic heterocycles. The minimum atomic E-state index is 0.807. The zero-order valence-electron chi connectivity index (χ0n) is 16.5. The van der Waals surface area contributed by atoms with Crippen molar-refractivity contribution in [2.24, 2.45) is 4.99 Å². The van der Waals surface area contributed by atoms with Crippen LogP contribution in [0, 0.1) is 0 Å². The molecule has 3 rings (SSSR count). The Morgan fingerprint density at radius 3 is 2.33 bits per heavy atom. The lowest BCUT2D eigenvalue weighted by atomic mass is 10.1. The Bertz CT molecular complexity index is 720. The monoisotopic (exact) mass is 367 g/mol. The van der Waals surface area contributed by atoms with E-state index in [4.69, 9.17) is 0 Å². The number of hydrogen-bond acceptors (Lipinski definition) is 5. The predicted molar refractivity (Wildman–Crippen MR) is 112 cm³/mol. The second-order valence-electron chi connectivity index (χ2n) is 6.81. The number of nitrogens with one attached hydrogen (secondary N) is 1. The van der Waals surface area contributed by atoms with Gasteiger partial charge in [0.2, 0.25) is 5.95 Å². The molecule has 1 saturated heterocycles. The van der Waals surface area contributed by atoms with Crippen LogP contribution in [0.25, 0.3) is 0 Å². The zero-order chi connectivity index (χ0) is 19.1. The fourth-order valence-corrected chi connectivity index (χ4v) is 3.18. The average molecular weight is 368 g/mol. The quantitative estimate of drug-likeness (QED) is 0.638. The molecule has 144 valence electrons. The summed E-state index contributed by atoms with van der Waals surface area (Å²) in [6.45, 7) is 4.49. The van der Waals surface area contributed by atoms with E-state index in [9.17, 15) is 0 Å². The number of anilines is 2. The molecule has 0 aliphatic carbocycles. The van der Waals surface area contributed by atoms with Crippen molar-refractivity contribution in [1.82, 2.24) is 20.2 Å². The van der Waals surface area contributed by atoms with Gasteiger partial charge in [-0.25, -0.2) is 9.97 Å². The molecule has 7 nitrogen and oxygen atoms in total. The Morgan fingerprint density at radius 1 is 1.07 bits per heavy atom. The lowest BCUT2D eigenvalue weighted by Crippen LogP contribution is -2.53. The topological polar surface area (TPSA) is 59.9 Å². The van der Waals surface area contributed by atoms with Gasteiger partial charge in [0.15, 0.2) is 5.96 Å². The van der Waals surface area contributed by atoms with Crippen LogP contribution in [0.3, 0.4) is 0 Å². The molecule has 2 aromatic rings. The molecule has 0 radical (unpaired) electrons.